The highest BCUT2D eigenvalue weighted by Gasteiger charge is 2.28. The number of nitrogens with one attached hydrogen (secondary N) is 1. The van der Waals surface area contributed by atoms with Gasteiger partial charge in [-0.3, -0.25) is 19.1 Å². The summed E-state index contributed by atoms with van der Waals surface area (Å²) >= 11 is 0. The van der Waals surface area contributed by atoms with Crippen molar-refractivity contribution in [2.45, 2.75) is 32.4 Å². The Labute approximate surface area is 174 Å². The van der Waals surface area contributed by atoms with Crippen LogP contribution in [0.3, 0.4) is 0 Å². The molecule has 7 nitrogen and oxygen atoms in total. The number of hydrogen-bond acceptors (Lipinski definition) is 4. The molecule has 0 aliphatic rings. The fraction of sp³-hybridized carbons (Fsp3) is 0.217. The lowest BCUT2D eigenvalue weighted by molar-refractivity contribution is -0.137. The molecule has 154 valence electrons. The Morgan fingerprint density at radius 1 is 1.00 bits per heavy atom. The molecule has 3 rings (SSSR count). The summed E-state index contributed by atoms with van der Waals surface area (Å²) < 4.78 is 1.69. The lowest BCUT2D eigenvalue weighted by Gasteiger charge is -2.16. The molecule has 2 amide bonds. The third kappa shape index (κ3) is 4.81. The van der Waals surface area contributed by atoms with Crippen molar-refractivity contribution in [3.05, 3.63) is 78.0 Å². The van der Waals surface area contributed by atoms with Crippen LogP contribution in [0.1, 0.15) is 35.8 Å². The van der Waals surface area contributed by atoms with Crippen LogP contribution in [-0.2, 0) is 16.0 Å². The summed E-state index contributed by atoms with van der Waals surface area (Å²) in [5.74, 6) is -2.42. The van der Waals surface area contributed by atoms with Gasteiger partial charge in [-0.1, -0.05) is 60.7 Å². The second-order valence-corrected chi connectivity index (χ2v) is 7.28. The van der Waals surface area contributed by atoms with Crippen LogP contribution in [0.25, 0.3) is 11.3 Å². The topological polar surface area (TPSA) is 107 Å². The summed E-state index contributed by atoms with van der Waals surface area (Å²) in [6.07, 6.45) is 1.81. The first-order valence-corrected chi connectivity index (χ1v) is 9.69. The van der Waals surface area contributed by atoms with Gasteiger partial charge in [-0.25, -0.2) is 0 Å². The zero-order valence-corrected chi connectivity index (χ0v) is 16.9. The second-order valence-electron chi connectivity index (χ2n) is 7.28. The number of Topliss-reactive ketones (excluding diaryl/α,β-unsaturated/α-hetero) is 1. The van der Waals surface area contributed by atoms with Gasteiger partial charge in [-0.05, 0) is 19.4 Å². The van der Waals surface area contributed by atoms with Crippen LogP contribution in [0.4, 0.5) is 0 Å². The van der Waals surface area contributed by atoms with E-state index in [4.69, 9.17) is 5.73 Å². The number of hydrogen-bond donors (Lipinski definition) is 2. The summed E-state index contributed by atoms with van der Waals surface area (Å²) in [5.41, 5.74) is 7.63. The normalized spacial score (nSPS) is 11.8. The van der Waals surface area contributed by atoms with Crippen molar-refractivity contribution in [1.29, 1.82) is 0 Å². The number of nitrogens with zero attached hydrogens (tertiary/aromatic N) is 2. The molecule has 3 aromatic rings. The van der Waals surface area contributed by atoms with Crippen LogP contribution in [0.2, 0.25) is 0 Å². The number of amides is 2. The molecule has 0 aliphatic heterocycles. The van der Waals surface area contributed by atoms with E-state index in [-0.39, 0.29) is 12.5 Å². The highest BCUT2D eigenvalue weighted by atomic mass is 16.2. The Morgan fingerprint density at radius 2 is 1.60 bits per heavy atom. The summed E-state index contributed by atoms with van der Waals surface area (Å²) in [5, 5.41) is 7.23. The minimum absolute atomic E-state index is 0.0429. The third-order valence-electron chi connectivity index (χ3n) is 4.70. The zero-order valence-electron chi connectivity index (χ0n) is 16.9. The standard InChI is InChI=1S/C23H24N4O3/c1-15(2)27-14-18(20(26-27)17-11-7-4-8-12-17)23(30)25-19(21(28)22(24)29)13-16-9-5-3-6-10-16/h3-12,14-15,19H,13H2,1-2H3,(H2,24,29)(H,25,30). The molecule has 1 aromatic heterocycles. The van der Waals surface area contributed by atoms with Gasteiger partial charge in [-0.2, -0.15) is 5.10 Å². The molecule has 0 radical (unpaired) electrons. The molecule has 1 unspecified atom stereocenters. The monoisotopic (exact) mass is 404 g/mol. The van der Waals surface area contributed by atoms with Gasteiger partial charge >= 0.3 is 0 Å². The van der Waals surface area contributed by atoms with E-state index in [0.29, 0.717) is 11.3 Å². The Morgan fingerprint density at radius 3 is 2.17 bits per heavy atom. The first-order chi connectivity index (χ1) is 14.4. The summed E-state index contributed by atoms with van der Waals surface area (Å²) in [6.45, 7) is 3.91. The van der Waals surface area contributed by atoms with Crippen LogP contribution in [0.15, 0.2) is 66.9 Å². The summed E-state index contributed by atoms with van der Waals surface area (Å²) in [4.78, 5) is 37.0. The van der Waals surface area contributed by atoms with Gasteiger partial charge in [0.2, 0.25) is 5.78 Å². The molecule has 0 saturated carbocycles. The predicted molar refractivity (Wildman–Crippen MR) is 114 cm³/mol. The number of carbonyl (C=O) groups excluding carboxylic acids is 3. The van der Waals surface area contributed by atoms with Crippen LogP contribution in [0.5, 0.6) is 0 Å². The highest BCUT2D eigenvalue weighted by Crippen LogP contribution is 2.23. The van der Waals surface area contributed by atoms with E-state index in [1.807, 2.05) is 74.5 Å². The maximum absolute atomic E-state index is 13.1. The number of benzene rings is 2. The first-order valence-electron chi connectivity index (χ1n) is 9.69. The van der Waals surface area contributed by atoms with E-state index in [1.165, 1.54) is 0 Å². The van der Waals surface area contributed by atoms with E-state index in [9.17, 15) is 14.4 Å². The van der Waals surface area contributed by atoms with E-state index >= 15 is 0 Å². The number of primary amides is 1. The number of nitrogens with two attached hydrogens (primary N) is 1. The van der Waals surface area contributed by atoms with Crippen molar-refractivity contribution < 1.29 is 14.4 Å². The lowest BCUT2D eigenvalue weighted by Crippen LogP contribution is -2.47. The van der Waals surface area contributed by atoms with Gasteiger partial charge < -0.3 is 11.1 Å². The number of aromatic nitrogens is 2. The molecule has 2 aromatic carbocycles. The molecule has 0 fully saturated rings. The van der Waals surface area contributed by atoms with Gasteiger partial charge in [0.15, 0.2) is 0 Å². The lowest BCUT2D eigenvalue weighted by atomic mass is 10.0. The van der Waals surface area contributed by atoms with Gasteiger partial charge in [-0.15, -0.1) is 0 Å². The molecule has 30 heavy (non-hydrogen) atoms. The second kappa shape index (κ2) is 9.17. The Kier molecular flexibility index (Phi) is 6.41. The van der Waals surface area contributed by atoms with Crippen LogP contribution < -0.4 is 11.1 Å². The predicted octanol–water partition coefficient (Wildman–Crippen LogP) is 2.53. The average Bonchev–Trinajstić information content (AvgIpc) is 3.20. The fourth-order valence-electron chi connectivity index (χ4n) is 3.10. The SMILES string of the molecule is CC(C)n1cc(C(=O)NC(Cc2ccccc2)C(=O)C(N)=O)c(-c2ccccc2)n1. The smallest absolute Gasteiger partial charge is 0.287 e. The van der Waals surface area contributed by atoms with Gasteiger partial charge in [0.05, 0.1) is 5.56 Å². The molecular weight excluding hydrogens is 380 g/mol. The van der Waals surface area contributed by atoms with Crippen molar-refractivity contribution in [1.82, 2.24) is 15.1 Å². The van der Waals surface area contributed by atoms with Crippen molar-refractivity contribution >= 4 is 17.6 Å². The van der Waals surface area contributed by atoms with E-state index in [1.54, 1.807) is 10.9 Å². The van der Waals surface area contributed by atoms with E-state index < -0.39 is 23.6 Å². The van der Waals surface area contributed by atoms with Crippen LogP contribution >= 0.6 is 0 Å². The molecule has 1 atom stereocenters. The number of rotatable bonds is 8. The molecule has 0 bridgehead atoms. The average molecular weight is 404 g/mol. The Hall–Kier alpha value is -3.74. The molecule has 0 aliphatic carbocycles. The minimum atomic E-state index is -1.09. The van der Waals surface area contributed by atoms with Crippen molar-refractivity contribution in [2.24, 2.45) is 5.73 Å². The van der Waals surface area contributed by atoms with Crippen molar-refractivity contribution in [3.8, 4) is 11.3 Å². The Bertz CT molecular complexity index is 1040. The minimum Gasteiger partial charge on any atom is -0.363 e. The van der Waals surface area contributed by atoms with E-state index in [0.717, 1.165) is 11.1 Å². The molecule has 1 heterocycles. The van der Waals surface area contributed by atoms with Crippen LogP contribution in [-0.4, -0.2) is 33.4 Å². The molecule has 3 N–H and O–H groups in total. The first kappa shape index (κ1) is 21.0. The summed E-state index contributed by atoms with van der Waals surface area (Å²) in [6, 6.07) is 17.4. The van der Waals surface area contributed by atoms with Crippen molar-refractivity contribution in [3.63, 3.8) is 0 Å². The molecule has 0 spiro atoms. The quantitative estimate of drug-likeness (QED) is 0.563. The maximum Gasteiger partial charge on any atom is 0.287 e. The van der Waals surface area contributed by atoms with Crippen LogP contribution in [0, 0.1) is 0 Å². The largest absolute Gasteiger partial charge is 0.363 e. The third-order valence-corrected chi connectivity index (χ3v) is 4.70. The highest BCUT2D eigenvalue weighted by molar-refractivity contribution is 6.38. The van der Waals surface area contributed by atoms with E-state index in [2.05, 4.69) is 10.4 Å². The van der Waals surface area contributed by atoms with Gasteiger partial charge in [0.1, 0.15) is 11.7 Å². The number of ketones is 1. The van der Waals surface area contributed by atoms with Crippen molar-refractivity contribution in [2.75, 3.05) is 0 Å². The molecular formula is C23H24N4O3. The number of carbonyl (C=O) groups is 3. The summed E-state index contributed by atoms with van der Waals surface area (Å²) in [7, 11) is 0. The zero-order chi connectivity index (χ0) is 21.7. The molecule has 7 heteroatoms. The maximum atomic E-state index is 13.1. The fourth-order valence-corrected chi connectivity index (χ4v) is 3.10. The van der Waals surface area contributed by atoms with Gasteiger partial charge in [0.25, 0.3) is 11.8 Å². The van der Waals surface area contributed by atoms with Gasteiger partial charge in [0, 0.05) is 24.2 Å². The molecule has 0 saturated heterocycles. The Balaban J connectivity index is 1.93.